The number of allylic oxidation sites excluding steroid dienone is 24. The van der Waals surface area contributed by atoms with Crippen LogP contribution in [0, 0.1) is 0 Å². The van der Waals surface area contributed by atoms with Gasteiger partial charge in [0.1, 0.15) is 48.8 Å². The Morgan fingerprint density at radius 3 is 0.922 bits per heavy atom. The lowest BCUT2D eigenvalue weighted by Gasteiger charge is -2.41. The summed E-state index contributed by atoms with van der Waals surface area (Å²) in [6.07, 6.45) is 24.7. The van der Waals surface area contributed by atoms with Crippen molar-refractivity contribution < 1.29 is 59.8 Å². The molecule has 0 radical (unpaired) electrons. The minimum atomic E-state index is -1.47. The van der Waals surface area contributed by atoms with Crippen LogP contribution in [0.25, 0.3) is 0 Å². The van der Waals surface area contributed by atoms with Crippen molar-refractivity contribution in [3.8, 4) is 0 Å². The van der Waals surface area contributed by atoms with Gasteiger partial charge in [0.15, 0.2) is 12.6 Å². The molecule has 2 fully saturated rings. The van der Waals surface area contributed by atoms with Gasteiger partial charge < -0.3 is 59.8 Å². The Morgan fingerprint density at radius 1 is 0.406 bits per heavy atom. The highest BCUT2D eigenvalue weighted by Crippen LogP contribution is 2.28. The molecule has 12 nitrogen and oxygen atoms in total. The van der Waals surface area contributed by atoms with Gasteiger partial charge in [0.2, 0.25) is 0 Å². The molecule has 0 spiro atoms. The Bertz CT molecular complexity index is 1740. The molecule has 0 saturated carbocycles. The van der Waals surface area contributed by atoms with Gasteiger partial charge in [0, 0.05) is 0 Å². The molecule has 2 heterocycles. The van der Waals surface area contributed by atoms with Crippen molar-refractivity contribution in [1.29, 1.82) is 0 Å². The third-order valence-electron chi connectivity index (χ3n) is 10.3. The van der Waals surface area contributed by atoms with Gasteiger partial charge in [-0.25, -0.2) is 0 Å². The molecular formula is C52H76O12. The first kappa shape index (κ1) is 56.3. The number of rotatable bonds is 20. The minimum absolute atomic E-state index is 0.754. The molecule has 0 aromatic rings. The van der Waals surface area contributed by atoms with Crippen LogP contribution in [-0.4, -0.2) is 126 Å². The lowest BCUT2D eigenvalue weighted by Crippen LogP contribution is -2.58. The van der Waals surface area contributed by atoms with Crippen molar-refractivity contribution in [2.45, 2.75) is 168 Å². The van der Waals surface area contributed by atoms with Crippen LogP contribution < -0.4 is 0 Å². The summed E-state index contributed by atoms with van der Waals surface area (Å²) in [6.45, 7) is 21.3. The van der Waals surface area contributed by atoms with E-state index in [0.717, 1.165) is 33.4 Å². The van der Waals surface area contributed by atoms with Crippen molar-refractivity contribution >= 4 is 0 Å². The van der Waals surface area contributed by atoms with Gasteiger partial charge in [-0.15, -0.1) is 0 Å². The Balaban J connectivity index is 1.89. The van der Waals surface area contributed by atoms with Crippen molar-refractivity contribution in [1.82, 2.24) is 0 Å². The lowest BCUT2D eigenvalue weighted by molar-refractivity contribution is -0.309. The van der Waals surface area contributed by atoms with Crippen molar-refractivity contribution in [3.05, 3.63) is 155 Å². The van der Waals surface area contributed by atoms with Crippen LogP contribution >= 0.6 is 0 Å². The maximum Gasteiger partial charge on any atom is 0.187 e. The van der Waals surface area contributed by atoms with Crippen LogP contribution in [0.2, 0.25) is 0 Å². The highest BCUT2D eigenvalue weighted by molar-refractivity contribution is 5.34. The fourth-order valence-corrected chi connectivity index (χ4v) is 6.07. The average Bonchev–Trinajstić information content (AvgIpc) is 3.20. The van der Waals surface area contributed by atoms with E-state index in [0.29, 0.717) is 0 Å². The van der Waals surface area contributed by atoms with Crippen molar-refractivity contribution in [3.63, 3.8) is 0 Å². The maximum atomic E-state index is 10.7. The van der Waals surface area contributed by atoms with E-state index >= 15 is 0 Å². The Morgan fingerprint density at radius 2 is 0.656 bits per heavy atom. The maximum absolute atomic E-state index is 10.7. The summed E-state index contributed by atoms with van der Waals surface area (Å²) in [6, 6.07) is 0. The second-order valence-electron chi connectivity index (χ2n) is 17.8. The number of ether oxygens (including phenoxy) is 4. The molecule has 12 atom stereocenters. The smallest absolute Gasteiger partial charge is 0.187 e. The van der Waals surface area contributed by atoms with Gasteiger partial charge >= 0.3 is 0 Å². The van der Waals surface area contributed by atoms with E-state index in [2.05, 4.69) is 0 Å². The zero-order valence-corrected chi connectivity index (χ0v) is 39.7. The van der Waals surface area contributed by atoms with Crippen LogP contribution in [0.5, 0.6) is 0 Å². The number of hydrogen-bond donors (Lipinski definition) is 8. The molecule has 64 heavy (non-hydrogen) atoms. The molecule has 2 aliphatic heterocycles. The molecular weight excluding hydrogens is 817 g/mol. The second-order valence-corrected chi connectivity index (χ2v) is 17.8. The summed E-state index contributed by atoms with van der Waals surface area (Å²) in [5.41, 5.74) is 3.42. The quantitative estimate of drug-likeness (QED) is 0.0617. The van der Waals surface area contributed by atoms with Crippen LogP contribution in [0.1, 0.15) is 83.1 Å². The summed E-state index contributed by atoms with van der Waals surface area (Å²) in [5, 5.41) is 82.2. The average molecular weight is 893 g/mol. The van der Waals surface area contributed by atoms with Crippen molar-refractivity contribution in [2.24, 2.45) is 0 Å². The van der Waals surface area contributed by atoms with E-state index in [-0.39, 0.29) is 0 Å². The highest BCUT2D eigenvalue weighted by atomic mass is 16.7. The zero-order chi connectivity index (χ0) is 48.4. The molecule has 2 aliphatic rings. The van der Waals surface area contributed by atoms with Gasteiger partial charge in [0.05, 0.1) is 23.4 Å². The first-order chi connectivity index (χ1) is 29.8. The lowest BCUT2D eigenvalue weighted by atomic mass is 9.98. The fourth-order valence-electron chi connectivity index (χ4n) is 6.07. The van der Waals surface area contributed by atoms with Gasteiger partial charge in [-0.2, -0.15) is 0 Å². The summed E-state index contributed by atoms with van der Waals surface area (Å²) < 4.78 is 22.8. The summed E-state index contributed by atoms with van der Waals surface area (Å²) >= 11 is 0. The normalized spacial score (nSPS) is 30.5. The third kappa shape index (κ3) is 20.1. The summed E-state index contributed by atoms with van der Waals surface area (Å²) in [4.78, 5) is 0. The molecule has 2 saturated heterocycles. The number of aliphatic hydroxyl groups is 8. The molecule has 356 valence electrons. The minimum Gasteiger partial charge on any atom is -0.388 e. The Labute approximate surface area is 381 Å². The fraction of sp³-hybridized carbons (Fsp3) is 0.500. The standard InChI is InChI=1S/C52H76O12/c1-33(21-15-23-35(3)25-17-27-37(5)29-31-41(51(9,10)59)63-49-47(57)45(55)43(53)39(7)61-49)19-13-14-20-34(2)22-16-24-36(4)26-18-28-38(6)30-32-42(52(11,12)60)64-50-48(58)46(56)44(54)40(8)62-50/h13-32,39-50,53-60H,1-12H3/b14-13+,21-15+,22-16+,25-17+,26-18+,31-29+,32-30+,33-19+,34-20+,35-23+,36-24+,37-27+,38-28+/t39-,40+,41-,42-,43-,44+,45+,46-,47-,48+,49?,50?/m1/s1. The van der Waals surface area contributed by atoms with Crippen LogP contribution in [0.15, 0.2) is 155 Å². The van der Waals surface area contributed by atoms with Gasteiger partial charge in [0.25, 0.3) is 0 Å². The molecule has 12 heteroatoms. The summed E-state index contributed by atoms with van der Waals surface area (Å²) in [5.74, 6) is 0. The second kappa shape index (κ2) is 26.9. The Kier molecular flexibility index (Phi) is 23.7. The molecule has 0 aromatic carbocycles. The van der Waals surface area contributed by atoms with Crippen LogP contribution in [0.4, 0.5) is 0 Å². The number of hydrogen-bond acceptors (Lipinski definition) is 12. The van der Waals surface area contributed by atoms with Gasteiger partial charge in [-0.1, -0.05) is 155 Å². The zero-order valence-electron chi connectivity index (χ0n) is 39.7. The number of aliphatic hydroxyl groups excluding tert-OH is 6. The van der Waals surface area contributed by atoms with E-state index < -0.39 is 84.8 Å². The largest absolute Gasteiger partial charge is 0.388 e. The van der Waals surface area contributed by atoms with E-state index in [1.807, 2.05) is 139 Å². The Hall–Kier alpha value is -3.86. The molecule has 2 unspecified atom stereocenters. The van der Waals surface area contributed by atoms with E-state index in [1.54, 1.807) is 65.8 Å². The molecule has 0 aromatic heterocycles. The van der Waals surface area contributed by atoms with Crippen LogP contribution in [-0.2, 0) is 18.9 Å². The SMILES string of the molecule is CC(/C=C/C=C(C)/C=C/C=C(C)/C=C/[C@@H](OC1O[C@@H](C)[C@H](O)[C@@H](O)[C@@H]1O)C(C)(C)O)=C\C=C\C=C(C)\C=C\C=C(C)\C=C\C=C(C)\C=C\[C@@H](OC1O[C@H](C)[C@@H](O)[C@H](O)[C@H]1O)C(C)(C)O. The van der Waals surface area contributed by atoms with Gasteiger partial charge in [-0.3, -0.25) is 0 Å². The predicted octanol–water partition coefficient (Wildman–Crippen LogP) is 6.52. The first-order valence-electron chi connectivity index (χ1n) is 21.7. The highest BCUT2D eigenvalue weighted by Gasteiger charge is 2.45. The van der Waals surface area contributed by atoms with Crippen molar-refractivity contribution in [2.75, 3.05) is 0 Å². The molecule has 0 amide bonds. The first-order valence-corrected chi connectivity index (χ1v) is 21.7. The van der Waals surface area contributed by atoms with E-state index in [4.69, 9.17) is 18.9 Å². The summed E-state index contributed by atoms with van der Waals surface area (Å²) in [7, 11) is 0. The monoisotopic (exact) mass is 893 g/mol. The van der Waals surface area contributed by atoms with E-state index in [1.165, 1.54) is 0 Å². The topological polar surface area (TPSA) is 199 Å². The van der Waals surface area contributed by atoms with Crippen LogP contribution in [0.3, 0.4) is 0 Å². The molecule has 0 bridgehead atoms. The third-order valence-corrected chi connectivity index (χ3v) is 10.3. The molecule has 0 aliphatic carbocycles. The molecule has 8 N–H and O–H groups in total. The molecule has 2 rings (SSSR count). The van der Waals surface area contributed by atoms with E-state index in [9.17, 15) is 40.9 Å². The van der Waals surface area contributed by atoms with Gasteiger partial charge in [-0.05, 0) is 83.1 Å². The predicted molar refractivity (Wildman–Crippen MR) is 254 cm³/mol.